The lowest BCUT2D eigenvalue weighted by molar-refractivity contribution is -0.147. The Balaban J connectivity index is 1.79. The maximum absolute atomic E-state index is 12.1. The highest BCUT2D eigenvalue weighted by atomic mass is 32.2. The van der Waals surface area contributed by atoms with Crippen LogP contribution in [0.25, 0.3) is 0 Å². The fourth-order valence-electron chi connectivity index (χ4n) is 2.73. The highest BCUT2D eigenvalue weighted by Gasteiger charge is 2.13. The third-order valence-corrected chi connectivity index (χ3v) is 5.08. The van der Waals surface area contributed by atoms with Gasteiger partial charge in [0.2, 0.25) is 0 Å². The van der Waals surface area contributed by atoms with Gasteiger partial charge >= 0.3 is 5.97 Å². The summed E-state index contributed by atoms with van der Waals surface area (Å²) in [5.41, 5.74) is 3.31. The summed E-state index contributed by atoms with van der Waals surface area (Å²) in [7, 11) is 0. The zero-order valence-electron chi connectivity index (χ0n) is 16.4. The Morgan fingerprint density at radius 1 is 1.04 bits per heavy atom. The molecule has 0 radical (unpaired) electrons. The van der Waals surface area contributed by atoms with Crippen molar-refractivity contribution in [1.82, 2.24) is 0 Å². The van der Waals surface area contributed by atoms with Crippen molar-refractivity contribution in [2.24, 2.45) is 0 Å². The normalized spacial score (nSPS) is 10.4. The van der Waals surface area contributed by atoms with Crippen LogP contribution in [0.2, 0.25) is 0 Å². The molecule has 0 spiro atoms. The van der Waals surface area contributed by atoms with Gasteiger partial charge in [0.1, 0.15) is 0 Å². The summed E-state index contributed by atoms with van der Waals surface area (Å²) in [6, 6.07) is 13.0. The van der Waals surface area contributed by atoms with Crippen molar-refractivity contribution in [3.63, 3.8) is 0 Å². The first-order chi connectivity index (χ1) is 13.4. The number of benzene rings is 2. The van der Waals surface area contributed by atoms with Crippen molar-refractivity contribution < 1.29 is 19.1 Å². The number of ether oxygens (including phenoxy) is 1. The molecule has 1 N–H and O–H groups in total. The quantitative estimate of drug-likeness (QED) is 0.384. The van der Waals surface area contributed by atoms with E-state index in [1.165, 1.54) is 0 Å². The molecular formula is C22H25NO4S. The third-order valence-electron chi connectivity index (χ3n) is 4.34. The van der Waals surface area contributed by atoms with Crippen molar-refractivity contribution in [3.8, 4) is 0 Å². The molecule has 5 nitrogen and oxygen atoms in total. The molecule has 2 rings (SSSR count). The van der Waals surface area contributed by atoms with Gasteiger partial charge in [-0.2, -0.15) is 0 Å². The lowest BCUT2D eigenvalue weighted by atomic mass is 10.1. The number of Topliss-reactive ketones (excluding diaryl/α,β-unsaturated/α-hetero) is 1. The van der Waals surface area contributed by atoms with Gasteiger partial charge in [0.25, 0.3) is 5.91 Å². The fraction of sp³-hybridized carbons (Fsp3) is 0.318. The number of amides is 1. The van der Waals surface area contributed by atoms with Gasteiger partial charge in [0.05, 0.1) is 6.42 Å². The number of hydrogen-bond donors (Lipinski definition) is 1. The minimum atomic E-state index is -0.565. The van der Waals surface area contributed by atoms with Crippen molar-refractivity contribution in [2.45, 2.75) is 38.0 Å². The van der Waals surface area contributed by atoms with E-state index in [4.69, 9.17) is 4.74 Å². The number of carbonyl (C=O) groups excluding carboxylic acids is 3. The first-order valence-electron chi connectivity index (χ1n) is 9.15. The van der Waals surface area contributed by atoms with Crippen LogP contribution in [0.1, 0.15) is 41.3 Å². The summed E-state index contributed by atoms with van der Waals surface area (Å²) >= 11 is 1.60. The summed E-state index contributed by atoms with van der Waals surface area (Å²) in [6.45, 7) is 3.56. The van der Waals surface area contributed by atoms with Gasteiger partial charge in [-0.3, -0.25) is 14.4 Å². The zero-order valence-corrected chi connectivity index (χ0v) is 17.2. The van der Waals surface area contributed by atoms with Crippen LogP contribution in [-0.2, 0) is 20.7 Å². The van der Waals surface area contributed by atoms with Crippen molar-refractivity contribution in [2.75, 3.05) is 18.2 Å². The van der Waals surface area contributed by atoms with Crippen LogP contribution >= 0.6 is 11.8 Å². The van der Waals surface area contributed by atoms with Crippen LogP contribution < -0.4 is 5.32 Å². The summed E-state index contributed by atoms with van der Waals surface area (Å²) < 4.78 is 5.01. The number of esters is 1. The predicted octanol–water partition coefficient (Wildman–Crippen LogP) is 4.42. The molecule has 2 aromatic rings. The smallest absolute Gasteiger partial charge is 0.306 e. The lowest BCUT2D eigenvalue weighted by Gasteiger charge is -2.13. The number of ketones is 1. The first kappa shape index (κ1) is 21.7. The Bertz CT molecular complexity index is 846. The molecule has 0 aliphatic rings. The summed E-state index contributed by atoms with van der Waals surface area (Å²) in [6.07, 6.45) is 2.75. The van der Waals surface area contributed by atoms with E-state index >= 15 is 0 Å². The van der Waals surface area contributed by atoms with Gasteiger partial charge in [-0.15, -0.1) is 11.8 Å². The zero-order chi connectivity index (χ0) is 20.5. The minimum absolute atomic E-state index is 0.0524. The van der Waals surface area contributed by atoms with Crippen LogP contribution in [0.4, 0.5) is 5.69 Å². The number of carbonyl (C=O) groups is 3. The molecule has 0 saturated carbocycles. The largest absolute Gasteiger partial charge is 0.456 e. The maximum Gasteiger partial charge on any atom is 0.306 e. The van der Waals surface area contributed by atoms with E-state index in [0.717, 1.165) is 28.1 Å². The van der Waals surface area contributed by atoms with Gasteiger partial charge in [-0.25, -0.2) is 0 Å². The number of thioether (sulfide) groups is 1. The molecule has 0 bridgehead atoms. The second kappa shape index (κ2) is 10.7. The molecule has 0 heterocycles. The molecule has 0 atom stereocenters. The molecule has 0 saturated heterocycles. The fourth-order valence-corrected chi connectivity index (χ4v) is 3.14. The van der Waals surface area contributed by atoms with Crippen LogP contribution in [0.3, 0.4) is 0 Å². The topological polar surface area (TPSA) is 72.5 Å². The number of aryl methyl sites for hydroxylation is 2. The van der Waals surface area contributed by atoms with E-state index < -0.39 is 11.9 Å². The van der Waals surface area contributed by atoms with Crippen molar-refractivity contribution >= 4 is 35.1 Å². The molecule has 1 amide bonds. The number of hydrogen-bond acceptors (Lipinski definition) is 5. The Labute approximate surface area is 169 Å². The maximum atomic E-state index is 12.1. The molecular weight excluding hydrogens is 374 g/mol. The molecule has 2 aromatic carbocycles. The highest BCUT2D eigenvalue weighted by Crippen LogP contribution is 2.21. The summed E-state index contributed by atoms with van der Waals surface area (Å²) in [5, 5.41) is 2.80. The Hall–Kier alpha value is -2.60. The lowest BCUT2D eigenvalue weighted by Crippen LogP contribution is -2.22. The summed E-state index contributed by atoms with van der Waals surface area (Å²) in [5.74, 6) is -1.08. The van der Waals surface area contributed by atoms with E-state index in [0.29, 0.717) is 5.56 Å². The molecule has 0 aliphatic carbocycles. The minimum Gasteiger partial charge on any atom is -0.456 e. The highest BCUT2D eigenvalue weighted by molar-refractivity contribution is 7.98. The number of nitrogens with one attached hydrogen (secondary N) is 1. The van der Waals surface area contributed by atoms with Gasteiger partial charge in [0.15, 0.2) is 12.4 Å². The van der Waals surface area contributed by atoms with Gasteiger partial charge in [0, 0.05) is 22.6 Å². The molecule has 0 fully saturated rings. The predicted molar refractivity (Wildman–Crippen MR) is 112 cm³/mol. The van der Waals surface area contributed by atoms with Crippen LogP contribution in [-0.4, -0.2) is 30.5 Å². The molecule has 28 heavy (non-hydrogen) atoms. The number of rotatable bonds is 9. The van der Waals surface area contributed by atoms with E-state index in [2.05, 4.69) is 5.32 Å². The third kappa shape index (κ3) is 6.23. The second-order valence-corrected chi connectivity index (χ2v) is 7.20. The average Bonchev–Trinajstić information content (AvgIpc) is 2.72. The van der Waals surface area contributed by atoms with E-state index in [1.807, 2.05) is 50.4 Å². The molecule has 0 aromatic heterocycles. The van der Waals surface area contributed by atoms with Crippen molar-refractivity contribution in [3.05, 3.63) is 59.2 Å². The first-order valence-corrected chi connectivity index (χ1v) is 10.4. The van der Waals surface area contributed by atoms with Gasteiger partial charge in [-0.1, -0.05) is 37.3 Å². The molecule has 0 unspecified atom stereocenters. The average molecular weight is 400 g/mol. The number of para-hydroxylation sites is 1. The Morgan fingerprint density at radius 2 is 1.75 bits per heavy atom. The molecule has 148 valence electrons. The van der Waals surface area contributed by atoms with Crippen LogP contribution in [0.5, 0.6) is 0 Å². The van der Waals surface area contributed by atoms with E-state index in [1.54, 1.807) is 23.9 Å². The van der Waals surface area contributed by atoms with Crippen LogP contribution in [0, 0.1) is 6.92 Å². The Morgan fingerprint density at radius 3 is 2.39 bits per heavy atom. The standard InChI is InChI=1S/C22H25NO4S/c1-4-16-7-5-6-15(2)22(16)23-20(25)14-27-21(26)13-12-19(24)17-8-10-18(28-3)11-9-17/h5-11H,4,12-14H2,1-3H3,(H,23,25). The Kier molecular flexibility index (Phi) is 8.26. The van der Waals surface area contributed by atoms with Crippen molar-refractivity contribution in [1.29, 1.82) is 0 Å². The van der Waals surface area contributed by atoms with Gasteiger partial charge in [-0.05, 0) is 42.9 Å². The van der Waals surface area contributed by atoms with Crippen LogP contribution in [0.15, 0.2) is 47.4 Å². The number of anilines is 1. The summed E-state index contributed by atoms with van der Waals surface area (Å²) in [4.78, 5) is 37.2. The van der Waals surface area contributed by atoms with Gasteiger partial charge < -0.3 is 10.1 Å². The van der Waals surface area contributed by atoms with E-state index in [-0.39, 0.29) is 25.2 Å². The monoisotopic (exact) mass is 399 g/mol. The molecule has 6 heteroatoms. The van der Waals surface area contributed by atoms with E-state index in [9.17, 15) is 14.4 Å². The SMILES string of the molecule is CCc1cccc(C)c1NC(=O)COC(=O)CCC(=O)c1ccc(SC)cc1. The molecule has 0 aliphatic heterocycles. The second-order valence-electron chi connectivity index (χ2n) is 6.32.